The number of nitrogens with two attached hydrogens (primary N) is 1. The van der Waals surface area contributed by atoms with Crippen LogP contribution >= 0.6 is 0 Å². The second-order valence-corrected chi connectivity index (χ2v) is 8.83. The molecule has 31 heavy (non-hydrogen) atoms. The summed E-state index contributed by atoms with van der Waals surface area (Å²) in [5.74, 6) is -0.0959. The van der Waals surface area contributed by atoms with Gasteiger partial charge in [-0.15, -0.1) is 0 Å². The predicted octanol–water partition coefficient (Wildman–Crippen LogP) is 3.89. The summed E-state index contributed by atoms with van der Waals surface area (Å²) in [5.41, 5.74) is 6.81. The Labute approximate surface area is 178 Å². The number of alkyl halides is 3. The molecule has 0 amide bonds. The van der Waals surface area contributed by atoms with Gasteiger partial charge in [0.25, 0.3) is 0 Å². The minimum absolute atomic E-state index is 0.0780. The van der Waals surface area contributed by atoms with Crippen molar-refractivity contribution in [2.45, 2.75) is 70.6 Å². The third-order valence-electron chi connectivity index (χ3n) is 6.79. The molecule has 2 heterocycles. The molecular weight excluding hydrogens is 411 g/mol. The summed E-state index contributed by atoms with van der Waals surface area (Å²) in [7, 11) is 0. The number of nitrogens with zero attached hydrogens (tertiary/aromatic N) is 5. The third-order valence-corrected chi connectivity index (χ3v) is 6.79. The topological polar surface area (TPSA) is 114 Å². The molecule has 0 aromatic carbocycles. The molecule has 2 aliphatic carbocycles. The zero-order valence-electron chi connectivity index (χ0n) is 17.4. The van der Waals surface area contributed by atoms with E-state index in [-0.39, 0.29) is 36.5 Å². The summed E-state index contributed by atoms with van der Waals surface area (Å²) in [5, 5.41) is 15.5. The molecule has 170 valence electrons. The van der Waals surface area contributed by atoms with Crippen molar-refractivity contribution >= 4 is 22.8 Å². The van der Waals surface area contributed by atoms with E-state index in [1.807, 2.05) is 4.57 Å². The summed E-state index contributed by atoms with van der Waals surface area (Å²) in [6.45, 7) is 2.65. The monoisotopic (exact) mass is 439 g/mol. The van der Waals surface area contributed by atoms with Crippen molar-refractivity contribution in [2.75, 3.05) is 5.32 Å². The molecule has 4 N–H and O–H groups in total. The lowest BCUT2D eigenvalue weighted by Crippen LogP contribution is -2.32. The first-order valence-electron chi connectivity index (χ1n) is 10.8. The van der Waals surface area contributed by atoms with Crippen LogP contribution in [-0.4, -0.2) is 42.8 Å². The van der Waals surface area contributed by atoms with E-state index in [2.05, 4.69) is 32.3 Å². The maximum Gasteiger partial charge on any atom is 0.391 e. The molecular formula is C20H28F3N7O. The summed E-state index contributed by atoms with van der Waals surface area (Å²) >= 11 is 0. The second kappa shape index (κ2) is 8.51. The molecule has 0 unspecified atom stereocenters. The molecule has 2 saturated carbocycles. The quantitative estimate of drug-likeness (QED) is 0.272. The zero-order chi connectivity index (χ0) is 22.2. The van der Waals surface area contributed by atoms with Crippen LogP contribution in [0.15, 0.2) is 11.5 Å². The van der Waals surface area contributed by atoms with E-state index in [4.69, 9.17) is 10.9 Å². The Morgan fingerprint density at radius 3 is 2.55 bits per heavy atom. The minimum Gasteiger partial charge on any atom is -0.409 e. The van der Waals surface area contributed by atoms with Crippen LogP contribution < -0.4 is 11.1 Å². The van der Waals surface area contributed by atoms with Crippen molar-refractivity contribution in [2.24, 2.45) is 28.6 Å². The second-order valence-electron chi connectivity index (χ2n) is 8.83. The van der Waals surface area contributed by atoms with Crippen molar-refractivity contribution in [3.05, 3.63) is 12.2 Å². The Hall–Kier alpha value is -2.59. The molecule has 0 radical (unpaired) electrons. The fraction of sp³-hybridized carbons (Fsp3) is 0.700. The highest BCUT2D eigenvalue weighted by Crippen LogP contribution is 2.40. The Bertz CT molecular complexity index is 946. The maximum atomic E-state index is 13.0. The van der Waals surface area contributed by atoms with E-state index in [0.29, 0.717) is 42.3 Å². The van der Waals surface area contributed by atoms with Crippen molar-refractivity contribution in [3.8, 4) is 0 Å². The number of imidazole rings is 1. The number of aromatic nitrogens is 4. The lowest BCUT2D eigenvalue weighted by molar-refractivity contribution is -0.184. The molecule has 0 bridgehead atoms. The van der Waals surface area contributed by atoms with Crippen LogP contribution in [0.3, 0.4) is 0 Å². The van der Waals surface area contributed by atoms with Gasteiger partial charge in [-0.2, -0.15) is 13.2 Å². The maximum absolute atomic E-state index is 13.0. The van der Waals surface area contributed by atoms with E-state index < -0.39 is 12.1 Å². The van der Waals surface area contributed by atoms with Crippen molar-refractivity contribution in [1.82, 2.24) is 19.5 Å². The van der Waals surface area contributed by atoms with Crippen LogP contribution in [0.1, 0.15) is 57.7 Å². The average molecular weight is 439 g/mol. The van der Waals surface area contributed by atoms with Gasteiger partial charge in [-0.25, -0.2) is 15.0 Å². The molecule has 11 heteroatoms. The van der Waals surface area contributed by atoms with Gasteiger partial charge in [0.1, 0.15) is 5.52 Å². The van der Waals surface area contributed by atoms with Crippen LogP contribution in [-0.2, 0) is 6.54 Å². The van der Waals surface area contributed by atoms with E-state index in [1.54, 1.807) is 6.33 Å². The van der Waals surface area contributed by atoms with Gasteiger partial charge in [0.2, 0.25) is 11.7 Å². The molecule has 1 atom stereocenters. The van der Waals surface area contributed by atoms with Gasteiger partial charge >= 0.3 is 6.18 Å². The number of hydrogen-bond donors (Lipinski definition) is 3. The summed E-state index contributed by atoms with van der Waals surface area (Å²) in [6, 6.07) is 0.178. The van der Waals surface area contributed by atoms with E-state index in [1.165, 1.54) is 6.42 Å². The standard InChI is InChI=1S/C20H28F3N7O/c1-11(13-3-2-4-13)26-18-15-17(27-19(28-18)16(24)29-31)25-10-30(15)9-12-5-7-14(8-6-12)20(21,22)23/h10-14,31H,2-9H2,1H3,(H2,24,29)(H,26,27,28)/t11-,12?,14?/m1/s1. The molecule has 2 aromatic rings. The number of rotatable bonds is 6. The summed E-state index contributed by atoms with van der Waals surface area (Å²) in [6.07, 6.45) is 2.41. The van der Waals surface area contributed by atoms with Crippen LogP contribution in [0, 0.1) is 17.8 Å². The van der Waals surface area contributed by atoms with Crippen molar-refractivity contribution in [1.29, 1.82) is 0 Å². The number of halogens is 3. The highest BCUT2D eigenvalue weighted by molar-refractivity contribution is 5.96. The Kier molecular flexibility index (Phi) is 5.94. The molecule has 2 aromatic heterocycles. The summed E-state index contributed by atoms with van der Waals surface area (Å²) < 4.78 is 40.9. The van der Waals surface area contributed by atoms with Crippen molar-refractivity contribution < 1.29 is 18.4 Å². The normalized spacial score (nSPS) is 24.2. The van der Waals surface area contributed by atoms with Gasteiger partial charge in [-0.1, -0.05) is 11.6 Å². The number of anilines is 1. The average Bonchev–Trinajstić information content (AvgIpc) is 3.08. The van der Waals surface area contributed by atoms with E-state index in [0.717, 1.165) is 12.8 Å². The van der Waals surface area contributed by atoms with Gasteiger partial charge in [-0.3, -0.25) is 0 Å². The molecule has 0 aliphatic heterocycles. The van der Waals surface area contributed by atoms with Crippen molar-refractivity contribution in [3.63, 3.8) is 0 Å². The van der Waals surface area contributed by atoms with Gasteiger partial charge < -0.3 is 20.8 Å². The Morgan fingerprint density at radius 2 is 1.97 bits per heavy atom. The fourth-order valence-electron chi connectivity index (χ4n) is 4.60. The van der Waals surface area contributed by atoms with Gasteiger partial charge in [-0.05, 0) is 57.3 Å². The molecule has 8 nitrogen and oxygen atoms in total. The van der Waals surface area contributed by atoms with Crippen LogP contribution in [0.4, 0.5) is 19.0 Å². The van der Waals surface area contributed by atoms with Gasteiger partial charge in [0.05, 0.1) is 12.2 Å². The predicted molar refractivity (Wildman–Crippen MR) is 110 cm³/mol. The molecule has 2 fully saturated rings. The lowest BCUT2D eigenvalue weighted by Gasteiger charge is -2.32. The number of hydrogen-bond acceptors (Lipinski definition) is 6. The smallest absolute Gasteiger partial charge is 0.391 e. The number of oxime groups is 1. The summed E-state index contributed by atoms with van der Waals surface area (Å²) in [4.78, 5) is 13.1. The number of amidine groups is 1. The molecule has 0 saturated heterocycles. The molecule has 0 spiro atoms. The van der Waals surface area contributed by atoms with Crippen LogP contribution in [0.5, 0.6) is 0 Å². The Balaban J connectivity index is 1.59. The first-order valence-corrected chi connectivity index (χ1v) is 10.8. The third kappa shape index (κ3) is 4.54. The van der Waals surface area contributed by atoms with Crippen LogP contribution in [0.2, 0.25) is 0 Å². The first kappa shape index (κ1) is 21.6. The lowest BCUT2D eigenvalue weighted by atomic mass is 9.80. The largest absolute Gasteiger partial charge is 0.409 e. The number of fused-ring (bicyclic) bond motifs is 1. The number of nitrogens with one attached hydrogen (secondary N) is 1. The first-order chi connectivity index (χ1) is 14.8. The molecule has 2 aliphatic rings. The SMILES string of the molecule is C[C@@H](Nc1nc(C(N)=NO)nc2ncn(CC3CCC(C(F)(F)F)CC3)c12)C1CCC1. The zero-order valence-corrected chi connectivity index (χ0v) is 17.4. The molecule has 4 rings (SSSR count). The fourth-order valence-corrected chi connectivity index (χ4v) is 4.60. The Morgan fingerprint density at radius 1 is 1.26 bits per heavy atom. The highest BCUT2D eigenvalue weighted by atomic mass is 19.4. The highest BCUT2D eigenvalue weighted by Gasteiger charge is 2.41. The van der Waals surface area contributed by atoms with Gasteiger partial charge in [0, 0.05) is 12.6 Å². The minimum atomic E-state index is -4.11. The van der Waals surface area contributed by atoms with E-state index >= 15 is 0 Å². The van der Waals surface area contributed by atoms with Gasteiger partial charge in [0.15, 0.2) is 11.5 Å². The van der Waals surface area contributed by atoms with E-state index in [9.17, 15) is 13.2 Å². The van der Waals surface area contributed by atoms with Crippen LogP contribution in [0.25, 0.3) is 11.2 Å².